The summed E-state index contributed by atoms with van der Waals surface area (Å²) >= 11 is 0. The van der Waals surface area contributed by atoms with E-state index in [1.807, 2.05) is 0 Å². The van der Waals surface area contributed by atoms with Gasteiger partial charge in [-0.15, -0.1) is 12.4 Å². The van der Waals surface area contributed by atoms with Gasteiger partial charge < -0.3 is 15.3 Å². The second-order valence-corrected chi connectivity index (χ2v) is 6.04. The van der Waals surface area contributed by atoms with Crippen LogP contribution in [0.25, 0.3) is 0 Å². The highest BCUT2D eigenvalue weighted by atomic mass is 35.5. The lowest BCUT2D eigenvalue weighted by Crippen LogP contribution is -2.47. The van der Waals surface area contributed by atoms with Crippen molar-refractivity contribution in [2.24, 2.45) is 11.3 Å². The summed E-state index contributed by atoms with van der Waals surface area (Å²) in [5.74, 6) is 0.877. The van der Waals surface area contributed by atoms with Crippen LogP contribution in [0.3, 0.4) is 0 Å². The van der Waals surface area contributed by atoms with E-state index in [9.17, 15) is 5.11 Å². The number of nitrogens with one attached hydrogen (secondary N) is 1. The van der Waals surface area contributed by atoms with Crippen LogP contribution in [0, 0.1) is 11.3 Å². The number of nitrogens with zero attached hydrogens (tertiary/aromatic N) is 1. The van der Waals surface area contributed by atoms with Gasteiger partial charge in [-0.25, -0.2) is 0 Å². The largest absolute Gasteiger partial charge is 0.396 e. The van der Waals surface area contributed by atoms with Crippen LogP contribution in [0.2, 0.25) is 0 Å². The van der Waals surface area contributed by atoms with Crippen LogP contribution in [0.15, 0.2) is 0 Å². The molecule has 1 atom stereocenters. The van der Waals surface area contributed by atoms with E-state index in [0.29, 0.717) is 6.61 Å². The Labute approximate surface area is 118 Å². The molecule has 0 aliphatic carbocycles. The predicted molar refractivity (Wildman–Crippen MR) is 78.3 cm³/mol. The van der Waals surface area contributed by atoms with Gasteiger partial charge in [0.2, 0.25) is 0 Å². The topological polar surface area (TPSA) is 35.5 Å². The van der Waals surface area contributed by atoms with Gasteiger partial charge in [0.1, 0.15) is 0 Å². The molecule has 2 aliphatic heterocycles. The number of piperidine rings is 2. The van der Waals surface area contributed by atoms with Crippen molar-refractivity contribution < 1.29 is 5.11 Å². The van der Waals surface area contributed by atoms with Crippen molar-refractivity contribution in [2.45, 2.75) is 39.0 Å². The summed E-state index contributed by atoms with van der Waals surface area (Å²) in [5, 5.41) is 13.1. The van der Waals surface area contributed by atoms with Gasteiger partial charge in [-0.3, -0.25) is 0 Å². The van der Waals surface area contributed by atoms with Crippen molar-refractivity contribution in [3.63, 3.8) is 0 Å². The molecule has 108 valence electrons. The molecule has 2 saturated heterocycles. The third-order valence-corrected chi connectivity index (χ3v) is 4.80. The highest BCUT2D eigenvalue weighted by Gasteiger charge is 2.33. The van der Waals surface area contributed by atoms with Gasteiger partial charge in [-0.2, -0.15) is 0 Å². The minimum atomic E-state index is 0. The zero-order valence-corrected chi connectivity index (χ0v) is 12.5. The summed E-state index contributed by atoms with van der Waals surface area (Å²) in [7, 11) is 0. The smallest absolute Gasteiger partial charge is 0.0499 e. The van der Waals surface area contributed by atoms with Crippen molar-refractivity contribution in [1.29, 1.82) is 0 Å². The van der Waals surface area contributed by atoms with Crippen LogP contribution >= 0.6 is 12.4 Å². The summed E-state index contributed by atoms with van der Waals surface area (Å²) < 4.78 is 0. The van der Waals surface area contributed by atoms with Crippen molar-refractivity contribution in [3.8, 4) is 0 Å². The Morgan fingerprint density at radius 3 is 2.67 bits per heavy atom. The molecule has 2 aliphatic rings. The molecule has 3 nitrogen and oxygen atoms in total. The Balaban J connectivity index is 0.00000162. The molecule has 2 N–H and O–H groups in total. The first kappa shape index (κ1) is 16.2. The maximum Gasteiger partial charge on any atom is 0.0499 e. The van der Waals surface area contributed by atoms with Crippen molar-refractivity contribution >= 4 is 12.4 Å². The Morgan fingerprint density at radius 1 is 1.33 bits per heavy atom. The number of aliphatic hydroxyl groups excluding tert-OH is 1. The molecule has 0 saturated carbocycles. The summed E-state index contributed by atoms with van der Waals surface area (Å²) in [6.07, 6.45) is 6.25. The fourth-order valence-electron chi connectivity index (χ4n) is 3.42. The first-order valence-electron chi connectivity index (χ1n) is 7.32. The zero-order chi connectivity index (χ0) is 12.1. The lowest BCUT2D eigenvalue weighted by molar-refractivity contribution is 0.0207. The number of likely N-dealkylation sites (tertiary alicyclic amines) is 1. The minimum absolute atomic E-state index is 0. The molecule has 4 heteroatoms. The van der Waals surface area contributed by atoms with Crippen LogP contribution in [0.4, 0.5) is 0 Å². The van der Waals surface area contributed by atoms with Gasteiger partial charge in [0.25, 0.3) is 0 Å². The molecule has 0 radical (unpaired) electrons. The molecule has 0 aromatic carbocycles. The number of halogens is 1. The second kappa shape index (κ2) is 7.68. The Morgan fingerprint density at radius 2 is 2.06 bits per heavy atom. The number of rotatable bonds is 4. The molecule has 0 bridgehead atoms. The number of hydrogen-bond donors (Lipinski definition) is 2. The molecule has 1 unspecified atom stereocenters. The minimum Gasteiger partial charge on any atom is -0.396 e. The van der Waals surface area contributed by atoms with E-state index in [0.717, 1.165) is 18.9 Å². The monoisotopic (exact) mass is 276 g/mol. The summed E-state index contributed by atoms with van der Waals surface area (Å²) in [6.45, 7) is 8.59. The first-order valence-corrected chi connectivity index (χ1v) is 7.32. The molecular formula is C14H29ClN2O. The molecule has 18 heavy (non-hydrogen) atoms. The lowest BCUT2D eigenvalue weighted by Gasteiger charge is -2.43. The third-order valence-electron chi connectivity index (χ3n) is 4.80. The van der Waals surface area contributed by atoms with Crippen LogP contribution in [-0.2, 0) is 0 Å². The molecule has 0 aromatic rings. The van der Waals surface area contributed by atoms with E-state index in [4.69, 9.17) is 0 Å². The highest BCUT2D eigenvalue weighted by Crippen LogP contribution is 2.33. The van der Waals surface area contributed by atoms with Crippen LogP contribution in [-0.4, -0.2) is 49.3 Å². The van der Waals surface area contributed by atoms with Gasteiger partial charge >= 0.3 is 0 Å². The van der Waals surface area contributed by atoms with Crippen molar-refractivity contribution in [1.82, 2.24) is 10.2 Å². The zero-order valence-electron chi connectivity index (χ0n) is 11.7. The normalized spacial score (nSPS) is 31.0. The molecule has 2 fully saturated rings. The maximum atomic E-state index is 9.63. The van der Waals surface area contributed by atoms with Crippen LogP contribution < -0.4 is 5.32 Å². The van der Waals surface area contributed by atoms with Crippen molar-refractivity contribution in [2.75, 3.05) is 39.3 Å². The highest BCUT2D eigenvalue weighted by molar-refractivity contribution is 5.85. The van der Waals surface area contributed by atoms with E-state index in [1.54, 1.807) is 0 Å². The average molecular weight is 277 g/mol. The van der Waals surface area contributed by atoms with E-state index < -0.39 is 0 Å². The summed E-state index contributed by atoms with van der Waals surface area (Å²) in [6, 6.07) is 0. The van der Waals surface area contributed by atoms with E-state index in [1.165, 1.54) is 51.9 Å². The van der Waals surface area contributed by atoms with Crippen LogP contribution in [0.1, 0.15) is 39.0 Å². The van der Waals surface area contributed by atoms with Gasteiger partial charge in [-0.1, -0.05) is 6.92 Å². The predicted octanol–water partition coefficient (Wildman–Crippen LogP) is 1.89. The van der Waals surface area contributed by atoms with Gasteiger partial charge in [-0.05, 0) is 57.7 Å². The number of hydrogen-bond acceptors (Lipinski definition) is 3. The average Bonchev–Trinajstić information content (AvgIpc) is 2.40. The number of aliphatic hydroxyl groups is 1. The van der Waals surface area contributed by atoms with E-state index in [-0.39, 0.29) is 17.8 Å². The summed E-state index contributed by atoms with van der Waals surface area (Å²) in [4.78, 5) is 2.61. The Kier molecular flexibility index (Phi) is 6.93. The molecule has 2 heterocycles. The maximum absolute atomic E-state index is 9.63. The Hall–Kier alpha value is 0.170. The second-order valence-electron chi connectivity index (χ2n) is 6.04. The molecule has 0 amide bonds. The van der Waals surface area contributed by atoms with Gasteiger partial charge in [0.05, 0.1) is 0 Å². The molecule has 0 spiro atoms. The SMILES string of the molecule is CCC1(CO)CCCN(CC2CCNCC2)C1.Cl. The van der Waals surface area contributed by atoms with Gasteiger partial charge in [0, 0.05) is 25.1 Å². The summed E-state index contributed by atoms with van der Waals surface area (Å²) in [5.41, 5.74) is 0.200. The fourth-order valence-corrected chi connectivity index (χ4v) is 3.42. The first-order chi connectivity index (χ1) is 8.28. The van der Waals surface area contributed by atoms with Crippen LogP contribution in [0.5, 0.6) is 0 Å². The quantitative estimate of drug-likeness (QED) is 0.823. The molecule has 0 aromatic heterocycles. The van der Waals surface area contributed by atoms with E-state index in [2.05, 4.69) is 17.1 Å². The molecular weight excluding hydrogens is 248 g/mol. The standard InChI is InChI=1S/C14H28N2O.ClH/c1-2-14(12-17)6-3-9-16(11-14)10-13-4-7-15-8-5-13;/h13,15,17H,2-12H2,1H3;1H. The van der Waals surface area contributed by atoms with Gasteiger partial charge in [0.15, 0.2) is 0 Å². The molecule has 2 rings (SSSR count). The van der Waals surface area contributed by atoms with Crippen molar-refractivity contribution in [3.05, 3.63) is 0 Å². The lowest BCUT2D eigenvalue weighted by atomic mass is 9.78. The Bertz CT molecular complexity index is 228. The van der Waals surface area contributed by atoms with E-state index >= 15 is 0 Å². The third kappa shape index (κ3) is 4.09. The fraction of sp³-hybridized carbons (Fsp3) is 1.00.